The summed E-state index contributed by atoms with van der Waals surface area (Å²) < 4.78 is 46.0. The van der Waals surface area contributed by atoms with E-state index >= 15 is 0 Å². The molecular weight excluding hydrogens is 755 g/mol. The van der Waals surface area contributed by atoms with Gasteiger partial charge >= 0.3 is 0 Å². The highest BCUT2D eigenvalue weighted by atomic mass is 16.6. The van der Waals surface area contributed by atoms with Gasteiger partial charge in [-0.15, -0.1) is 0 Å². The average Bonchev–Trinajstić information content (AvgIpc) is 3.22. The molecule has 0 radical (unpaired) electrons. The zero-order valence-electron chi connectivity index (χ0n) is 36.6. The van der Waals surface area contributed by atoms with E-state index in [1.54, 1.807) is 13.8 Å². The molecule has 0 aliphatic heterocycles. The van der Waals surface area contributed by atoms with E-state index in [0.717, 1.165) is 17.1 Å². The summed E-state index contributed by atoms with van der Waals surface area (Å²) in [7, 11) is 4.10. The highest BCUT2D eigenvalue weighted by molar-refractivity contribution is 5.54. The van der Waals surface area contributed by atoms with Crippen LogP contribution in [-0.4, -0.2) is 154 Å². The monoisotopic (exact) mass is 828 g/mol. The Labute approximate surface area is 353 Å². The number of nitrogen functional groups attached to an aromatic ring is 1. The number of hydrogen-bond acceptors (Lipinski definition) is 13. The molecule has 3 aromatic carbocycles. The van der Waals surface area contributed by atoms with Crippen molar-refractivity contribution in [2.45, 2.75) is 71.1 Å². The van der Waals surface area contributed by atoms with E-state index in [4.69, 9.17) is 43.6 Å². The first-order valence-corrected chi connectivity index (χ1v) is 21.0. The Morgan fingerprint density at radius 3 is 1.24 bits per heavy atom. The Kier molecular flexibility index (Phi) is 24.6. The molecule has 4 N–H and O–H groups in total. The van der Waals surface area contributed by atoms with Gasteiger partial charge in [0.15, 0.2) is 0 Å². The van der Waals surface area contributed by atoms with E-state index in [-0.39, 0.29) is 30.8 Å². The fourth-order valence-electron chi connectivity index (χ4n) is 6.04. The number of nitrogens with zero attached hydrogens (tertiary/aromatic N) is 2. The van der Waals surface area contributed by atoms with E-state index in [2.05, 4.69) is 70.5 Å². The average molecular weight is 828 g/mol. The number of aliphatic hydroxyl groups is 2. The molecule has 0 saturated carbocycles. The van der Waals surface area contributed by atoms with Crippen molar-refractivity contribution in [1.29, 1.82) is 0 Å². The van der Waals surface area contributed by atoms with Gasteiger partial charge in [-0.25, -0.2) is 0 Å². The molecule has 0 aromatic heterocycles. The van der Waals surface area contributed by atoms with Crippen LogP contribution in [-0.2, 0) is 37.9 Å². The van der Waals surface area contributed by atoms with Crippen LogP contribution in [0.2, 0.25) is 0 Å². The van der Waals surface area contributed by atoms with Crippen molar-refractivity contribution in [3.63, 3.8) is 0 Å². The number of hydrogen-bond donors (Lipinski definition) is 3. The molecule has 0 bridgehead atoms. The first-order valence-electron chi connectivity index (χ1n) is 21.0. The second-order valence-electron chi connectivity index (χ2n) is 15.3. The van der Waals surface area contributed by atoms with Gasteiger partial charge in [-0.1, -0.05) is 36.4 Å². The molecule has 13 nitrogen and oxygen atoms in total. The summed E-state index contributed by atoms with van der Waals surface area (Å²) in [5.41, 5.74) is 12.6. The van der Waals surface area contributed by atoms with E-state index in [1.807, 2.05) is 47.0 Å². The predicted molar refractivity (Wildman–Crippen MR) is 235 cm³/mol. The molecule has 6 unspecified atom stereocenters. The number of anilines is 3. The number of nitrogens with two attached hydrogens (primary N) is 1. The van der Waals surface area contributed by atoms with E-state index in [1.165, 1.54) is 16.7 Å². The lowest BCUT2D eigenvalue weighted by atomic mass is 9.85. The van der Waals surface area contributed by atoms with Crippen molar-refractivity contribution in [3.05, 3.63) is 89.5 Å². The zero-order valence-corrected chi connectivity index (χ0v) is 36.6. The van der Waals surface area contributed by atoms with Gasteiger partial charge in [0.05, 0.1) is 116 Å². The lowest BCUT2D eigenvalue weighted by Gasteiger charge is -2.26. The number of rotatable bonds is 33. The predicted octanol–water partition coefficient (Wildman–Crippen LogP) is 5.38. The van der Waals surface area contributed by atoms with Crippen LogP contribution in [0.4, 0.5) is 17.1 Å². The van der Waals surface area contributed by atoms with Gasteiger partial charge < -0.3 is 63.6 Å². The Hall–Kier alpha value is -3.34. The maximum atomic E-state index is 9.42. The summed E-state index contributed by atoms with van der Waals surface area (Å²) >= 11 is 0. The Morgan fingerprint density at radius 2 is 0.814 bits per heavy atom. The molecule has 3 aromatic rings. The standard InChI is InChI=1S/C46H73N3O10/c1-35(50)30-57-37(3)32-55-28-26-53-23-21-49(20-22-52-24-25-54-27-29-56-33-38(4)59-34-39(5)58-31-36(2)51)45-18-12-42(13-19-45)46(40-8-14-43(47)15-9-40)41-10-16-44(17-11-41)48(6)7/h8-19,35-39,46,50-51H,20-34,47H2,1-7H3. The van der Waals surface area contributed by atoms with Crippen molar-refractivity contribution in [2.24, 2.45) is 0 Å². The molecule has 0 fully saturated rings. The van der Waals surface area contributed by atoms with Crippen LogP contribution in [0.5, 0.6) is 0 Å². The molecule has 3 rings (SSSR count). The topological polar surface area (TPSA) is 147 Å². The van der Waals surface area contributed by atoms with Gasteiger partial charge in [-0.3, -0.25) is 0 Å². The normalized spacial score (nSPS) is 14.7. The summed E-state index contributed by atoms with van der Waals surface area (Å²) in [6, 6.07) is 25.6. The molecule has 0 aliphatic rings. The fourth-order valence-corrected chi connectivity index (χ4v) is 6.04. The molecule has 332 valence electrons. The number of aliphatic hydroxyl groups excluding tert-OH is 2. The summed E-state index contributed by atoms with van der Waals surface area (Å²) in [6.45, 7) is 16.3. The molecule has 13 heteroatoms. The highest BCUT2D eigenvalue weighted by Crippen LogP contribution is 2.34. The Balaban J connectivity index is 1.51. The van der Waals surface area contributed by atoms with Crippen LogP contribution in [0.15, 0.2) is 72.8 Å². The van der Waals surface area contributed by atoms with Crippen LogP contribution in [0.1, 0.15) is 57.2 Å². The van der Waals surface area contributed by atoms with Crippen molar-refractivity contribution in [3.8, 4) is 0 Å². The third kappa shape index (κ3) is 21.1. The minimum absolute atomic E-state index is 0.0408. The van der Waals surface area contributed by atoms with Crippen molar-refractivity contribution >= 4 is 17.1 Å². The summed E-state index contributed by atoms with van der Waals surface area (Å²) in [6.07, 6.45) is -1.26. The summed E-state index contributed by atoms with van der Waals surface area (Å²) in [4.78, 5) is 4.38. The van der Waals surface area contributed by atoms with Gasteiger partial charge in [0.2, 0.25) is 0 Å². The molecule has 0 aliphatic carbocycles. The van der Waals surface area contributed by atoms with Crippen LogP contribution in [0.25, 0.3) is 0 Å². The Morgan fingerprint density at radius 1 is 0.458 bits per heavy atom. The van der Waals surface area contributed by atoms with Gasteiger partial charge in [-0.05, 0) is 87.7 Å². The number of benzene rings is 3. The smallest absolute Gasteiger partial charge is 0.0781 e. The highest BCUT2D eigenvalue weighted by Gasteiger charge is 2.18. The second kappa shape index (κ2) is 29.0. The first kappa shape index (κ1) is 50.0. The van der Waals surface area contributed by atoms with Crippen molar-refractivity contribution < 1.29 is 48.1 Å². The SMILES string of the molecule is CC(O)COC(C)COCCOCCN(CCOCCOCCOCC(C)OCC(C)OCC(C)O)c1ccc(C(c2ccc(N)cc2)c2ccc(N(C)C)cc2)cc1. The van der Waals surface area contributed by atoms with Crippen LogP contribution < -0.4 is 15.5 Å². The Bertz CT molecular complexity index is 1480. The van der Waals surface area contributed by atoms with E-state index in [0.29, 0.717) is 92.4 Å². The molecule has 0 spiro atoms. The van der Waals surface area contributed by atoms with Crippen LogP contribution in [0.3, 0.4) is 0 Å². The van der Waals surface area contributed by atoms with Crippen LogP contribution >= 0.6 is 0 Å². The maximum Gasteiger partial charge on any atom is 0.0781 e. The molecule has 0 saturated heterocycles. The molecule has 0 heterocycles. The lowest BCUT2D eigenvalue weighted by Crippen LogP contribution is -2.31. The minimum atomic E-state index is -0.500. The van der Waals surface area contributed by atoms with Crippen molar-refractivity contribution in [1.82, 2.24) is 0 Å². The van der Waals surface area contributed by atoms with Crippen LogP contribution in [0, 0.1) is 0 Å². The third-order valence-electron chi connectivity index (χ3n) is 9.30. The second-order valence-corrected chi connectivity index (χ2v) is 15.3. The fraction of sp³-hybridized carbons (Fsp3) is 0.609. The summed E-state index contributed by atoms with van der Waals surface area (Å²) in [5.74, 6) is 0.0408. The number of ether oxygens (including phenoxy) is 8. The van der Waals surface area contributed by atoms with Gasteiger partial charge in [0, 0.05) is 50.2 Å². The lowest BCUT2D eigenvalue weighted by molar-refractivity contribution is -0.0742. The van der Waals surface area contributed by atoms with E-state index in [9.17, 15) is 10.2 Å². The minimum Gasteiger partial charge on any atom is -0.399 e. The molecule has 59 heavy (non-hydrogen) atoms. The summed E-state index contributed by atoms with van der Waals surface area (Å²) in [5, 5.41) is 18.8. The van der Waals surface area contributed by atoms with Gasteiger partial charge in [0.25, 0.3) is 0 Å². The third-order valence-corrected chi connectivity index (χ3v) is 9.30. The molecule has 0 amide bonds. The molecule has 6 atom stereocenters. The zero-order chi connectivity index (χ0) is 42.8. The molecular formula is C46H73N3O10. The quantitative estimate of drug-likeness (QED) is 0.0411. The largest absolute Gasteiger partial charge is 0.399 e. The van der Waals surface area contributed by atoms with Gasteiger partial charge in [0.1, 0.15) is 0 Å². The van der Waals surface area contributed by atoms with E-state index < -0.39 is 12.2 Å². The van der Waals surface area contributed by atoms with Gasteiger partial charge in [-0.2, -0.15) is 0 Å². The van der Waals surface area contributed by atoms with Crippen molar-refractivity contribution in [2.75, 3.05) is 129 Å². The maximum absolute atomic E-state index is 9.42. The first-order chi connectivity index (χ1) is 28.4.